The number of benzene rings is 2. The quantitative estimate of drug-likeness (QED) is 0.777. The third kappa shape index (κ3) is 3.49. The fourth-order valence-electron chi connectivity index (χ4n) is 4.12. The van der Waals surface area contributed by atoms with Crippen molar-refractivity contribution in [3.63, 3.8) is 0 Å². The first kappa shape index (κ1) is 18.9. The maximum absolute atomic E-state index is 13.5. The highest BCUT2D eigenvalue weighted by molar-refractivity contribution is 6.05. The monoisotopic (exact) mass is 377 g/mol. The summed E-state index contributed by atoms with van der Waals surface area (Å²) in [5.41, 5.74) is 3.30. The SMILES string of the molecule is CC(C)(C)[C@H]1CN(C(=O)c2cccc3c2CCC3=O)C[C@@H](c2ccccc2)O1. The largest absolute Gasteiger partial charge is 0.366 e. The molecule has 2 aromatic carbocycles. The highest BCUT2D eigenvalue weighted by atomic mass is 16.5. The Hall–Kier alpha value is -2.46. The van der Waals surface area contributed by atoms with E-state index in [1.54, 1.807) is 0 Å². The maximum atomic E-state index is 13.5. The van der Waals surface area contributed by atoms with Gasteiger partial charge in [-0.25, -0.2) is 0 Å². The standard InChI is InChI=1S/C24H27NO3/c1-24(2,3)22-15-25(14-21(28-22)16-8-5-4-6-9-16)23(27)19-11-7-10-18-17(19)12-13-20(18)26/h4-11,21-22H,12-15H2,1-3H3/t21-,22+/m0/s1. The smallest absolute Gasteiger partial charge is 0.254 e. The van der Waals surface area contributed by atoms with Crippen LogP contribution in [-0.2, 0) is 11.2 Å². The van der Waals surface area contributed by atoms with Gasteiger partial charge in [-0.15, -0.1) is 0 Å². The molecule has 1 aliphatic heterocycles. The molecule has 0 spiro atoms. The van der Waals surface area contributed by atoms with Crippen LogP contribution in [0.2, 0.25) is 0 Å². The van der Waals surface area contributed by atoms with E-state index in [1.807, 2.05) is 41.3 Å². The number of carbonyl (C=O) groups excluding carboxylic acids is 2. The number of hydrogen-bond acceptors (Lipinski definition) is 3. The van der Waals surface area contributed by atoms with Crippen LogP contribution < -0.4 is 0 Å². The van der Waals surface area contributed by atoms with E-state index in [4.69, 9.17) is 4.74 Å². The van der Waals surface area contributed by atoms with Crippen LogP contribution in [0.25, 0.3) is 0 Å². The van der Waals surface area contributed by atoms with Crippen molar-refractivity contribution < 1.29 is 14.3 Å². The molecule has 4 nitrogen and oxygen atoms in total. The van der Waals surface area contributed by atoms with Gasteiger partial charge in [0.15, 0.2) is 5.78 Å². The van der Waals surface area contributed by atoms with Crippen molar-refractivity contribution in [1.29, 1.82) is 0 Å². The predicted octanol–water partition coefficient (Wildman–Crippen LogP) is 4.44. The van der Waals surface area contributed by atoms with Gasteiger partial charge < -0.3 is 9.64 Å². The molecule has 1 heterocycles. The number of carbonyl (C=O) groups is 2. The molecule has 2 aromatic rings. The van der Waals surface area contributed by atoms with E-state index in [0.717, 1.165) is 11.1 Å². The zero-order valence-corrected chi connectivity index (χ0v) is 16.8. The molecule has 1 fully saturated rings. The van der Waals surface area contributed by atoms with Crippen LogP contribution >= 0.6 is 0 Å². The minimum Gasteiger partial charge on any atom is -0.366 e. The zero-order chi connectivity index (χ0) is 19.9. The van der Waals surface area contributed by atoms with Gasteiger partial charge >= 0.3 is 0 Å². The Morgan fingerprint density at radius 1 is 1.00 bits per heavy atom. The lowest BCUT2D eigenvalue weighted by Crippen LogP contribution is -2.51. The summed E-state index contributed by atoms with van der Waals surface area (Å²) in [5.74, 6) is 0.145. The lowest BCUT2D eigenvalue weighted by Gasteiger charge is -2.43. The highest BCUT2D eigenvalue weighted by Crippen LogP contribution is 2.35. The summed E-state index contributed by atoms with van der Waals surface area (Å²) < 4.78 is 6.41. The Morgan fingerprint density at radius 3 is 2.46 bits per heavy atom. The number of nitrogens with zero attached hydrogens (tertiary/aromatic N) is 1. The van der Waals surface area contributed by atoms with Gasteiger partial charge in [-0.3, -0.25) is 9.59 Å². The molecule has 0 N–H and O–H groups in total. The second kappa shape index (κ2) is 7.17. The van der Waals surface area contributed by atoms with Gasteiger partial charge in [0.1, 0.15) is 6.10 Å². The molecule has 146 valence electrons. The van der Waals surface area contributed by atoms with Crippen molar-refractivity contribution in [3.8, 4) is 0 Å². The van der Waals surface area contributed by atoms with E-state index in [0.29, 0.717) is 37.1 Å². The Morgan fingerprint density at radius 2 is 1.75 bits per heavy atom. The molecule has 0 aromatic heterocycles. The van der Waals surface area contributed by atoms with Crippen LogP contribution in [0, 0.1) is 5.41 Å². The number of Topliss-reactive ketones (excluding diaryl/α,β-unsaturated/α-hetero) is 1. The summed E-state index contributed by atoms with van der Waals surface area (Å²) in [6, 6.07) is 15.6. The number of ether oxygens (including phenoxy) is 1. The summed E-state index contributed by atoms with van der Waals surface area (Å²) in [4.78, 5) is 27.5. The minimum atomic E-state index is -0.151. The Bertz CT molecular complexity index is 898. The first-order valence-corrected chi connectivity index (χ1v) is 9.99. The van der Waals surface area contributed by atoms with Gasteiger partial charge in [0, 0.05) is 24.1 Å². The molecule has 0 unspecified atom stereocenters. The number of amides is 1. The van der Waals surface area contributed by atoms with Gasteiger partial charge in [-0.2, -0.15) is 0 Å². The molecule has 28 heavy (non-hydrogen) atoms. The molecule has 1 saturated heterocycles. The Kier molecular flexibility index (Phi) is 4.84. The summed E-state index contributed by atoms with van der Waals surface area (Å²) >= 11 is 0. The fourth-order valence-corrected chi connectivity index (χ4v) is 4.12. The first-order chi connectivity index (χ1) is 13.3. The number of morpholine rings is 1. The van der Waals surface area contributed by atoms with Gasteiger partial charge in [-0.05, 0) is 29.0 Å². The molecule has 1 amide bonds. The van der Waals surface area contributed by atoms with E-state index in [9.17, 15) is 9.59 Å². The molecular formula is C24H27NO3. The molecule has 0 bridgehead atoms. The molecule has 2 aliphatic rings. The third-order valence-electron chi connectivity index (χ3n) is 5.83. The second-order valence-corrected chi connectivity index (χ2v) is 8.86. The lowest BCUT2D eigenvalue weighted by molar-refractivity contribution is -0.119. The molecular weight excluding hydrogens is 350 g/mol. The molecule has 1 aliphatic carbocycles. The van der Waals surface area contributed by atoms with Crippen LogP contribution in [0.1, 0.15) is 65.1 Å². The van der Waals surface area contributed by atoms with Crippen molar-refractivity contribution in [1.82, 2.24) is 4.90 Å². The normalized spacial score (nSPS) is 22.2. The van der Waals surface area contributed by atoms with Crippen LogP contribution in [0.5, 0.6) is 0 Å². The Balaban J connectivity index is 1.66. The number of rotatable bonds is 2. The minimum absolute atomic E-state index is 0.00466. The highest BCUT2D eigenvalue weighted by Gasteiger charge is 2.38. The molecule has 0 radical (unpaired) electrons. The van der Waals surface area contributed by atoms with E-state index in [-0.39, 0.29) is 29.3 Å². The molecule has 2 atom stereocenters. The average molecular weight is 377 g/mol. The second-order valence-electron chi connectivity index (χ2n) is 8.86. The van der Waals surface area contributed by atoms with E-state index in [2.05, 4.69) is 32.9 Å². The topological polar surface area (TPSA) is 46.6 Å². The lowest BCUT2D eigenvalue weighted by atomic mass is 9.87. The summed E-state index contributed by atoms with van der Waals surface area (Å²) in [6.07, 6.45) is 0.945. The molecule has 4 heteroatoms. The van der Waals surface area contributed by atoms with Crippen molar-refractivity contribution in [2.45, 2.75) is 45.8 Å². The van der Waals surface area contributed by atoms with Crippen LogP contribution in [0.15, 0.2) is 48.5 Å². The fraction of sp³-hybridized carbons (Fsp3) is 0.417. The zero-order valence-electron chi connectivity index (χ0n) is 16.8. The van der Waals surface area contributed by atoms with Crippen LogP contribution in [0.4, 0.5) is 0 Å². The Labute approximate surface area is 166 Å². The predicted molar refractivity (Wildman–Crippen MR) is 109 cm³/mol. The molecule has 4 rings (SSSR count). The van der Waals surface area contributed by atoms with Crippen LogP contribution in [0.3, 0.4) is 0 Å². The first-order valence-electron chi connectivity index (χ1n) is 9.99. The maximum Gasteiger partial charge on any atom is 0.254 e. The van der Waals surface area contributed by atoms with Gasteiger partial charge in [0.25, 0.3) is 5.91 Å². The summed E-state index contributed by atoms with van der Waals surface area (Å²) in [7, 11) is 0. The average Bonchev–Trinajstić information content (AvgIpc) is 3.08. The van der Waals surface area contributed by atoms with Crippen molar-refractivity contribution >= 4 is 11.7 Å². The third-order valence-corrected chi connectivity index (χ3v) is 5.83. The van der Waals surface area contributed by atoms with E-state index in [1.165, 1.54) is 0 Å². The summed E-state index contributed by atoms with van der Waals surface area (Å²) in [5, 5.41) is 0. The number of fused-ring (bicyclic) bond motifs is 1. The van der Waals surface area contributed by atoms with Gasteiger partial charge in [0.2, 0.25) is 0 Å². The van der Waals surface area contributed by atoms with E-state index < -0.39 is 0 Å². The van der Waals surface area contributed by atoms with Gasteiger partial charge in [0.05, 0.1) is 12.6 Å². The van der Waals surface area contributed by atoms with Crippen molar-refractivity contribution in [3.05, 3.63) is 70.8 Å². The number of hydrogen-bond donors (Lipinski definition) is 0. The van der Waals surface area contributed by atoms with Gasteiger partial charge in [-0.1, -0.05) is 63.2 Å². The summed E-state index contributed by atoms with van der Waals surface area (Å²) in [6.45, 7) is 7.52. The van der Waals surface area contributed by atoms with Crippen LogP contribution in [-0.4, -0.2) is 35.8 Å². The van der Waals surface area contributed by atoms with Crippen molar-refractivity contribution in [2.24, 2.45) is 5.41 Å². The van der Waals surface area contributed by atoms with Crippen molar-refractivity contribution in [2.75, 3.05) is 13.1 Å². The molecule has 0 saturated carbocycles. The number of ketones is 1. The van der Waals surface area contributed by atoms with E-state index >= 15 is 0 Å².